The topological polar surface area (TPSA) is 73.9 Å². The van der Waals surface area contributed by atoms with Crippen molar-refractivity contribution in [2.24, 2.45) is 0 Å². The van der Waals surface area contributed by atoms with Crippen LogP contribution >= 0.6 is 0 Å². The quantitative estimate of drug-likeness (QED) is 0.566. The molecule has 2 aromatic carbocycles. The molecule has 6 heteroatoms. The van der Waals surface area contributed by atoms with E-state index >= 15 is 0 Å². The summed E-state index contributed by atoms with van der Waals surface area (Å²) in [5.41, 5.74) is 4.46. The van der Waals surface area contributed by atoms with Gasteiger partial charge in [-0.2, -0.15) is 0 Å². The molecule has 0 saturated carbocycles. The van der Waals surface area contributed by atoms with Crippen LogP contribution in [0.15, 0.2) is 72.0 Å². The van der Waals surface area contributed by atoms with Crippen LogP contribution in [0.25, 0.3) is 5.70 Å². The van der Waals surface area contributed by atoms with Gasteiger partial charge in [-0.05, 0) is 24.6 Å². The number of allylic oxidation sites excluding steroid dienone is 2. The van der Waals surface area contributed by atoms with Gasteiger partial charge in [-0.1, -0.05) is 43.0 Å². The SMILES string of the molecule is C=CCOc1ccc([C@@H]2C(C(=O)OC)=C(C)NC3=C2C(=O)c2ccccc23)cc1OC. The summed E-state index contributed by atoms with van der Waals surface area (Å²) in [6.07, 6.45) is 1.65. The van der Waals surface area contributed by atoms with Gasteiger partial charge in [0.05, 0.1) is 25.5 Å². The highest BCUT2D eigenvalue weighted by Crippen LogP contribution is 2.47. The van der Waals surface area contributed by atoms with Gasteiger partial charge in [0.1, 0.15) is 6.61 Å². The standard InChI is InChI=1S/C25H23NO5/c1-5-12-31-18-11-10-15(13-19(18)29-3)21-20(25(28)30-4)14(2)26-23-16-8-6-7-9-17(16)24(27)22(21)23/h5-11,13,21,26H,1,12H2,2-4H3/t21-/m1/s1. The second kappa shape index (κ2) is 8.14. The number of ether oxygens (including phenoxy) is 3. The van der Waals surface area contributed by atoms with Gasteiger partial charge in [-0.15, -0.1) is 0 Å². The van der Waals surface area contributed by atoms with E-state index in [9.17, 15) is 9.59 Å². The van der Waals surface area contributed by atoms with Crippen LogP contribution in [0.3, 0.4) is 0 Å². The Bertz CT molecular complexity index is 1160. The molecule has 1 aliphatic heterocycles. The van der Waals surface area contributed by atoms with E-state index in [0.717, 1.165) is 16.8 Å². The molecule has 0 saturated heterocycles. The number of carbonyl (C=O) groups excluding carboxylic acids is 2. The minimum atomic E-state index is -0.606. The van der Waals surface area contributed by atoms with E-state index in [2.05, 4.69) is 11.9 Å². The highest BCUT2D eigenvalue weighted by Gasteiger charge is 2.42. The monoisotopic (exact) mass is 417 g/mol. The van der Waals surface area contributed by atoms with Crippen molar-refractivity contribution in [2.45, 2.75) is 12.8 Å². The Morgan fingerprint density at radius 2 is 1.87 bits per heavy atom. The molecule has 0 radical (unpaired) electrons. The molecule has 0 bridgehead atoms. The Balaban J connectivity index is 1.90. The molecule has 6 nitrogen and oxygen atoms in total. The first-order chi connectivity index (χ1) is 15.0. The number of ketones is 1. The van der Waals surface area contributed by atoms with E-state index in [-0.39, 0.29) is 5.78 Å². The number of hydrogen-bond donors (Lipinski definition) is 1. The van der Waals surface area contributed by atoms with Gasteiger partial charge in [0.25, 0.3) is 0 Å². The summed E-state index contributed by atoms with van der Waals surface area (Å²) in [6, 6.07) is 12.8. The fraction of sp³-hybridized carbons (Fsp3) is 0.200. The normalized spacial score (nSPS) is 17.0. The molecule has 2 aliphatic rings. The van der Waals surface area contributed by atoms with Crippen molar-refractivity contribution in [1.29, 1.82) is 0 Å². The largest absolute Gasteiger partial charge is 0.493 e. The van der Waals surface area contributed by atoms with Crippen LogP contribution < -0.4 is 14.8 Å². The first-order valence-electron chi connectivity index (χ1n) is 9.87. The highest BCUT2D eigenvalue weighted by molar-refractivity contribution is 6.23. The summed E-state index contributed by atoms with van der Waals surface area (Å²) in [5.74, 6) is -0.148. The van der Waals surface area contributed by atoms with Crippen LogP contribution in [0.5, 0.6) is 11.5 Å². The Labute approximate surface area is 180 Å². The summed E-state index contributed by atoms with van der Waals surface area (Å²) in [6.45, 7) is 5.80. The van der Waals surface area contributed by atoms with Gasteiger partial charge in [-0.25, -0.2) is 4.79 Å². The zero-order valence-electron chi connectivity index (χ0n) is 17.7. The van der Waals surface area contributed by atoms with Crippen LogP contribution in [0, 0.1) is 0 Å². The number of benzene rings is 2. The average molecular weight is 417 g/mol. The minimum absolute atomic E-state index is 0.108. The molecule has 31 heavy (non-hydrogen) atoms. The lowest BCUT2D eigenvalue weighted by atomic mass is 9.79. The number of Topliss-reactive ketones (excluding diaryl/α,β-unsaturated/α-hetero) is 1. The Morgan fingerprint density at radius 1 is 1.13 bits per heavy atom. The van der Waals surface area contributed by atoms with Crippen molar-refractivity contribution in [3.05, 3.63) is 88.7 Å². The summed E-state index contributed by atoms with van der Waals surface area (Å²) < 4.78 is 16.2. The molecular weight excluding hydrogens is 394 g/mol. The van der Waals surface area contributed by atoms with Crippen molar-refractivity contribution in [2.75, 3.05) is 20.8 Å². The first-order valence-corrected chi connectivity index (χ1v) is 9.87. The molecule has 1 aliphatic carbocycles. The minimum Gasteiger partial charge on any atom is -0.493 e. The predicted molar refractivity (Wildman–Crippen MR) is 117 cm³/mol. The molecule has 4 rings (SSSR count). The van der Waals surface area contributed by atoms with E-state index in [1.807, 2.05) is 31.2 Å². The third-order valence-corrected chi connectivity index (χ3v) is 5.53. The number of methoxy groups -OCH3 is 2. The molecule has 1 atom stereocenters. The number of nitrogens with one attached hydrogen (secondary N) is 1. The van der Waals surface area contributed by atoms with Gasteiger partial charge in [0.2, 0.25) is 0 Å². The predicted octanol–water partition coefficient (Wildman–Crippen LogP) is 4.00. The van der Waals surface area contributed by atoms with E-state index in [1.54, 1.807) is 31.4 Å². The second-order valence-corrected chi connectivity index (χ2v) is 7.26. The number of rotatable bonds is 6. The molecule has 2 aromatic rings. The molecule has 0 aromatic heterocycles. The molecule has 158 valence electrons. The molecule has 0 spiro atoms. The maximum Gasteiger partial charge on any atom is 0.336 e. The fourth-order valence-electron chi connectivity index (χ4n) is 4.17. The highest BCUT2D eigenvalue weighted by atomic mass is 16.5. The average Bonchev–Trinajstić information content (AvgIpc) is 3.08. The summed E-state index contributed by atoms with van der Waals surface area (Å²) >= 11 is 0. The zero-order valence-corrected chi connectivity index (χ0v) is 17.7. The van der Waals surface area contributed by atoms with Crippen LogP contribution in [0.1, 0.15) is 34.3 Å². The number of dihydropyridines is 1. The maximum atomic E-state index is 13.4. The molecule has 1 heterocycles. The first kappa shape index (κ1) is 20.5. The number of carbonyl (C=O) groups is 2. The molecule has 0 unspecified atom stereocenters. The summed E-state index contributed by atoms with van der Waals surface area (Å²) in [5, 5.41) is 3.27. The Kier molecular flexibility index (Phi) is 5.38. The van der Waals surface area contributed by atoms with Crippen LogP contribution in [-0.2, 0) is 9.53 Å². The van der Waals surface area contributed by atoms with Crippen LogP contribution in [-0.4, -0.2) is 32.6 Å². The van der Waals surface area contributed by atoms with Gasteiger partial charge in [0.15, 0.2) is 17.3 Å². The lowest BCUT2D eigenvalue weighted by Gasteiger charge is -2.29. The smallest absolute Gasteiger partial charge is 0.336 e. The van der Waals surface area contributed by atoms with E-state index in [4.69, 9.17) is 14.2 Å². The van der Waals surface area contributed by atoms with Gasteiger partial charge >= 0.3 is 5.97 Å². The second-order valence-electron chi connectivity index (χ2n) is 7.26. The Hall–Kier alpha value is -3.80. The third-order valence-electron chi connectivity index (χ3n) is 5.53. The third kappa shape index (κ3) is 3.30. The molecule has 1 N–H and O–H groups in total. The van der Waals surface area contributed by atoms with Crippen molar-refractivity contribution < 1.29 is 23.8 Å². The maximum absolute atomic E-state index is 13.4. The van der Waals surface area contributed by atoms with Crippen molar-refractivity contribution in [3.63, 3.8) is 0 Å². The van der Waals surface area contributed by atoms with Crippen LogP contribution in [0.4, 0.5) is 0 Å². The summed E-state index contributed by atoms with van der Waals surface area (Å²) in [7, 11) is 2.88. The van der Waals surface area contributed by atoms with Crippen molar-refractivity contribution >= 4 is 17.4 Å². The van der Waals surface area contributed by atoms with Gasteiger partial charge < -0.3 is 19.5 Å². The summed E-state index contributed by atoms with van der Waals surface area (Å²) in [4.78, 5) is 26.2. The zero-order chi connectivity index (χ0) is 22.1. The van der Waals surface area contributed by atoms with E-state index in [1.165, 1.54) is 7.11 Å². The van der Waals surface area contributed by atoms with Gasteiger partial charge in [-0.3, -0.25) is 4.79 Å². The van der Waals surface area contributed by atoms with E-state index < -0.39 is 11.9 Å². The Morgan fingerprint density at radius 3 is 2.55 bits per heavy atom. The molecular formula is C25H23NO5. The molecule has 0 fully saturated rings. The number of fused-ring (bicyclic) bond motifs is 2. The van der Waals surface area contributed by atoms with Crippen molar-refractivity contribution in [3.8, 4) is 11.5 Å². The lowest BCUT2D eigenvalue weighted by Crippen LogP contribution is -2.29. The van der Waals surface area contributed by atoms with Gasteiger partial charge in [0, 0.05) is 28.3 Å². The number of hydrogen-bond acceptors (Lipinski definition) is 6. The van der Waals surface area contributed by atoms with Crippen molar-refractivity contribution in [1.82, 2.24) is 5.32 Å². The van der Waals surface area contributed by atoms with Crippen LogP contribution in [0.2, 0.25) is 0 Å². The fourth-order valence-corrected chi connectivity index (χ4v) is 4.17. The molecule has 0 amide bonds. The number of esters is 1. The van der Waals surface area contributed by atoms with E-state index in [0.29, 0.717) is 40.5 Å². The lowest BCUT2D eigenvalue weighted by molar-refractivity contribution is -0.136.